The summed E-state index contributed by atoms with van der Waals surface area (Å²) in [6.07, 6.45) is 1.92. The summed E-state index contributed by atoms with van der Waals surface area (Å²) in [5, 5.41) is 5.51. The number of anilines is 2. The topological polar surface area (TPSA) is 41.0 Å². The van der Waals surface area contributed by atoms with Crippen LogP contribution in [-0.4, -0.2) is 23.6 Å². The highest BCUT2D eigenvalue weighted by molar-refractivity contribution is 9.11. The number of nitrogens with one attached hydrogen (secondary N) is 1. The molecule has 0 saturated carbocycles. The zero-order valence-corrected chi connectivity index (χ0v) is 15.1. The Morgan fingerprint density at radius 2 is 2.10 bits per heavy atom. The summed E-state index contributed by atoms with van der Waals surface area (Å²) < 4.78 is 1.16. The van der Waals surface area contributed by atoms with Crippen LogP contribution in [-0.2, 0) is 13.0 Å². The maximum Gasteiger partial charge on any atom is 0.134 e. The largest absolute Gasteiger partial charge is 0.370 e. The number of aromatic nitrogens is 2. The summed E-state index contributed by atoms with van der Waals surface area (Å²) in [6.45, 7) is 6.01. The molecular formula is C15H21BrN4S. The molecule has 21 heavy (non-hydrogen) atoms. The van der Waals surface area contributed by atoms with E-state index < -0.39 is 0 Å². The lowest BCUT2D eigenvalue weighted by molar-refractivity contribution is 0.856. The molecule has 1 N–H and O–H groups in total. The molecule has 2 rings (SSSR count). The van der Waals surface area contributed by atoms with Crippen LogP contribution < -0.4 is 10.2 Å². The van der Waals surface area contributed by atoms with Gasteiger partial charge < -0.3 is 10.2 Å². The summed E-state index contributed by atoms with van der Waals surface area (Å²) in [6, 6.07) is 4.18. The normalized spacial score (nSPS) is 10.7. The number of hydrogen-bond acceptors (Lipinski definition) is 5. The standard InChI is InChI=1S/C15H21BrN4S/c1-4-6-17-14-8-15(19-13(5-2)18-14)20(3)9-11-7-12(16)21-10-11/h7-8,10H,4-6,9H2,1-3H3,(H,17,18,19). The Morgan fingerprint density at radius 3 is 2.71 bits per heavy atom. The smallest absolute Gasteiger partial charge is 0.134 e. The van der Waals surface area contributed by atoms with Crippen LogP contribution in [0.25, 0.3) is 0 Å². The molecule has 0 aromatic carbocycles. The summed E-state index contributed by atoms with van der Waals surface area (Å²) >= 11 is 5.21. The van der Waals surface area contributed by atoms with Gasteiger partial charge in [-0.05, 0) is 39.4 Å². The average Bonchev–Trinajstić information content (AvgIpc) is 2.89. The van der Waals surface area contributed by atoms with Gasteiger partial charge in [0.05, 0.1) is 3.79 Å². The van der Waals surface area contributed by atoms with Crippen molar-refractivity contribution in [3.63, 3.8) is 0 Å². The molecule has 0 fully saturated rings. The van der Waals surface area contributed by atoms with Gasteiger partial charge in [0.25, 0.3) is 0 Å². The van der Waals surface area contributed by atoms with Gasteiger partial charge in [-0.1, -0.05) is 13.8 Å². The predicted octanol–water partition coefficient (Wildman–Crippen LogP) is 4.32. The summed E-state index contributed by atoms with van der Waals surface area (Å²) in [5.74, 6) is 2.75. The van der Waals surface area contributed by atoms with Gasteiger partial charge >= 0.3 is 0 Å². The van der Waals surface area contributed by atoms with E-state index in [1.54, 1.807) is 11.3 Å². The Labute approximate surface area is 138 Å². The second-order valence-corrected chi connectivity index (χ2v) is 7.21. The summed E-state index contributed by atoms with van der Waals surface area (Å²) in [4.78, 5) is 11.3. The van der Waals surface area contributed by atoms with Gasteiger partial charge in [0.1, 0.15) is 17.5 Å². The molecule has 2 heterocycles. The first-order valence-electron chi connectivity index (χ1n) is 7.18. The van der Waals surface area contributed by atoms with Gasteiger partial charge in [-0.3, -0.25) is 0 Å². The second-order valence-electron chi connectivity index (χ2n) is 4.92. The number of aryl methyl sites for hydroxylation is 1. The molecule has 0 unspecified atom stereocenters. The summed E-state index contributed by atoms with van der Waals surface area (Å²) in [5.41, 5.74) is 1.29. The minimum atomic E-state index is 0.840. The third-order valence-corrected chi connectivity index (χ3v) is 4.62. The third kappa shape index (κ3) is 4.68. The van der Waals surface area contributed by atoms with E-state index in [0.717, 1.165) is 47.2 Å². The minimum absolute atomic E-state index is 0.840. The molecule has 114 valence electrons. The van der Waals surface area contributed by atoms with Crippen molar-refractivity contribution in [1.29, 1.82) is 0 Å². The van der Waals surface area contributed by atoms with Gasteiger partial charge in [-0.25, -0.2) is 9.97 Å². The van der Waals surface area contributed by atoms with Crippen molar-refractivity contribution in [3.05, 3.63) is 32.7 Å². The summed E-state index contributed by atoms with van der Waals surface area (Å²) in [7, 11) is 2.07. The van der Waals surface area contributed by atoms with E-state index in [2.05, 4.69) is 68.5 Å². The quantitative estimate of drug-likeness (QED) is 0.789. The van der Waals surface area contributed by atoms with E-state index in [1.807, 2.05) is 6.07 Å². The van der Waals surface area contributed by atoms with E-state index in [1.165, 1.54) is 5.56 Å². The maximum absolute atomic E-state index is 4.63. The van der Waals surface area contributed by atoms with E-state index in [-0.39, 0.29) is 0 Å². The minimum Gasteiger partial charge on any atom is -0.370 e. The van der Waals surface area contributed by atoms with Crippen LogP contribution in [0.5, 0.6) is 0 Å². The molecule has 0 amide bonds. The van der Waals surface area contributed by atoms with Crippen LogP contribution in [0.3, 0.4) is 0 Å². The van der Waals surface area contributed by atoms with Crippen molar-refractivity contribution in [1.82, 2.24) is 9.97 Å². The number of halogens is 1. The molecule has 0 atom stereocenters. The van der Waals surface area contributed by atoms with E-state index in [9.17, 15) is 0 Å². The molecule has 0 aliphatic rings. The number of thiophene rings is 1. The fourth-order valence-corrected chi connectivity index (χ4v) is 3.16. The number of rotatable bonds is 7. The van der Waals surface area contributed by atoms with Crippen molar-refractivity contribution in [2.75, 3.05) is 23.8 Å². The van der Waals surface area contributed by atoms with Crippen LogP contribution >= 0.6 is 27.3 Å². The molecule has 0 radical (unpaired) electrons. The first kappa shape index (κ1) is 16.2. The van der Waals surface area contributed by atoms with Gasteiger partial charge in [-0.2, -0.15) is 0 Å². The van der Waals surface area contributed by atoms with Crippen molar-refractivity contribution >= 4 is 38.9 Å². The molecule has 0 spiro atoms. The molecule has 2 aromatic rings. The lowest BCUT2D eigenvalue weighted by atomic mass is 10.3. The number of nitrogens with zero attached hydrogens (tertiary/aromatic N) is 3. The van der Waals surface area contributed by atoms with Crippen LogP contribution in [0.15, 0.2) is 21.3 Å². The van der Waals surface area contributed by atoms with Crippen molar-refractivity contribution < 1.29 is 0 Å². The molecule has 4 nitrogen and oxygen atoms in total. The Morgan fingerprint density at radius 1 is 1.29 bits per heavy atom. The third-order valence-electron chi connectivity index (χ3n) is 3.06. The zero-order valence-electron chi connectivity index (χ0n) is 12.7. The molecule has 2 aromatic heterocycles. The fraction of sp³-hybridized carbons (Fsp3) is 0.467. The van der Waals surface area contributed by atoms with Gasteiger partial charge in [0.2, 0.25) is 0 Å². The lowest BCUT2D eigenvalue weighted by Gasteiger charge is -2.19. The first-order valence-corrected chi connectivity index (χ1v) is 8.85. The van der Waals surface area contributed by atoms with Crippen LogP contribution in [0.1, 0.15) is 31.7 Å². The van der Waals surface area contributed by atoms with Gasteiger partial charge in [0.15, 0.2) is 0 Å². The van der Waals surface area contributed by atoms with Gasteiger partial charge in [-0.15, -0.1) is 11.3 Å². The zero-order chi connectivity index (χ0) is 15.2. The van der Waals surface area contributed by atoms with Crippen molar-refractivity contribution in [3.8, 4) is 0 Å². The SMILES string of the molecule is CCCNc1cc(N(C)Cc2csc(Br)c2)nc(CC)n1. The molecule has 0 saturated heterocycles. The van der Waals surface area contributed by atoms with E-state index >= 15 is 0 Å². The van der Waals surface area contributed by atoms with Gasteiger partial charge in [0, 0.05) is 32.6 Å². The van der Waals surface area contributed by atoms with E-state index in [0.29, 0.717) is 0 Å². The molecule has 0 aliphatic carbocycles. The van der Waals surface area contributed by atoms with E-state index in [4.69, 9.17) is 0 Å². The maximum atomic E-state index is 4.63. The fourth-order valence-electron chi connectivity index (χ4n) is 1.96. The van der Waals surface area contributed by atoms with Crippen LogP contribution in [0.2, 0.25) is 0 Å². The molecule has 6 heteroatoms. The monoisotopic (exact) mass is 368 g/mol. The Bertz CT molecular complexity index is 585. The number of hydrogen-bond donors (Lipinski definition) is 1. The highest BCUT2D eigenvalue weighted by Gasteiger charge is 2.09. The highest BCUT2D eigenvalue weighted by atomic mass is 79.9. The lowest BCUT2D eigenvalue weighted by Crippen LogP contribution is -2.19. The van der Waals surface area contributed by atoms with Crippen molar-refractivity contribution in [2.24, 2.45) is 0 Å². The first-order chi connectivity index (χ1) is 10.1. The Hall–Kier alpha value is -1.14. The molecule has 0 aliphatic heterocycles. The van der Waals surface area contributed by atoms with Crippen LogP contribution in [0.4, 0.5) is 11.6 Å². The molecular weight excluding hydrogens is 348 g/mol. The average molecular weight is 369 g/mol. The second kappa shape index (κ2) is 7.75. The highest BCUT2D eigenvalue weighted by Crippen LogP contribution is 2.23. The Kier molecular flexibility index (Phi) is 5.99. The molecule has 0 bridgehead atoms. The van der Waals surface area contributed by atoms with Crippen LogP contribution in [0, 0.1) is 0 Å². The van der Waals surface area contributed by atoms with Crippen molar-refractivity contribution in [2.45, 2.75) is 33.2 Å². The Balaban J connectivity index is 2.16. The predicted molar refractivity (Wildman–Crippen MR) is 94.3 cm³/mol.